The summed E-state index contributed by atoms with van der Waals surface area (Å²) in [6.45, 7) is 3.03. The van der Waals surface area contributed by atoms with Gasteiger partial charge in [-0.05, 0) is 49.4 Å². The molecule has 2 rings (SSSR count). The van der Waals surface area contributed by atoms with Crippen molar-refractivity contribution in [2.45, 2.75) is 19.9 Å². The van der Waals surface area contributed by atoms with E-state index in [1.54, 1.807) is 6.92 Å². The van der Waals surface area contributed by atoms with E-state index in [-0.39, 0.29) is 17.1 Å². The van der Waals surface area contributed by atoms with Gasteiger partial charge in [-0.2, -0.15) is 0 Å². The number of aromatic hydroxyl groups is 1. The molecule has 0 saturated carbocycles. The number of amides is 2. The van der Waals surface area contributed by atoms with Crippen molar-refractivity contribution in [2.24, 2.45) is 0 Å². The lowest BCUT2D eigenvalue weighted by atomic mass is 10.1. The van der Waals surface area contributed by atoms with Gasteiger partial charge in [-0.3, -0.25) is 14.5 Å². The lowest BCUT2D eigenvalue weighted by Gasteiger charge is -2.19. The first-order chi connectivity index (χ1) is 11.3. The van der Waals surface area contributed by atoms with Gasteiger partial charge in [-0.15, -0.1) is 0 Å². The third-order valence-electron chi connectivity index (χ3n) is 3.18. The second-order valence-corrected chi connectivity index (χ2v) is 5.81. The fourth-order valence-corrected chi connectivity index (χ4v) is 2.91. The minimum atomic E-state index is -1.19. The Labute approximate surface area is 140 Å². The van der Waals surface area contributed by atoms with Gasteiger partial charge in [0.15, 0.2) is 17.4 Å². The van der Waals surface area contributed by atoms with Gasteiger partial charge in [0, 0.05) is 0 Å². The summed E-state index contributed by atoms with van der Waals surface area (Å²) in [5.74, 6) is -5.01. The van der Waals surface area contributed by atoms with E-state index in [2.05, 4.69) is 0 Å². The van der Waals surface area contributed by atoms with Gasteiger partial charge >= 0.3 is 5.97 Å². The molecule has 1 atom stereocenters. The zero-order valence-corrected chi connectivity index (χ0v) is 13.5. The minimum Gasteiger partial charge on any atom is -0.503 e. The maximum absolute atomic E-state index is 13.3. The van der Waals surface area contributed by atoms with Crippen LogP contribution in [0.4, 0.5) is 13.6 Å². The van der Waals surface area contributed by atoms with Gasteiger partial charge in [0.05, 0.1) is 11.5 Å². The molecule has 0 radical (unpaired) electrons. The number of phenolic OH excluding ortho intramolecular Hbond substituents is 1. The van der Waals surface area contributed by atoms with Gasteiger partial charge in [0.25, 0.3) is 11.1 Å². The molecule has 1 aliphatic heterocycles. The molecule has 0 spiro atoms. The third-order valence-corrected chi connectivity index (χ3v) is 4.06. The van der Waals surface area contributed by atoms with Gasteiger partial charge in [0.1, 0.15) is 6.04 Å². The quantitative estimate of drug-likeness (QED) is 0.659. The Morgan fingerprint density at radius 1 is 1.38 bits per heavy atom. The molecule has 6 nitrogen and oxygen atoms in total. The van der Waals surface area contributed by atoms with Crippen molar-refractivity contribution in [2.75, 3.05) is 6.61 Å². The molecule has 9 heteroatoms. The molecule has 1 unspecified atom stereocenters. The number of carbonyl (C=O) groups excluding carboxylic acids is 3. The molecule has 2 amide bonds. The Kier molecular flexibility index (Phi) is 5.23. The summed E-state index contributed by atoms with van der Waals surface area (Å²) in [6.07, 6.45) is 1.11. The van der Waals surface area contributed by atoms with Crippen molar-refractivity contribution in [1.82, 2.24) is 4.90 Å². The van der Waals surface area contributed by atoms with Crippen LogP contribution in [0.25, 0.3) is 6.08 Å². The molecule has 1 aliphatic rings. The van der Waals surface area contributed by atoms with E-state index in [9.17, 15) is 23.2 Å². The van der Waals surface area contributed by atoms with Crippen LogP contribution in [0.1, 0.15) is 19.4 Å². The molecular weight excluding hydrogens is 344 g/mol. The van der Waals surface area contributed by atoms with Gasteiger partial charge < -0.3 is 9.84 Å². The summed E-state index contributed by atoms with van der Waals surface area (Å²) >= 11 is 0.540. The molecule has 1 aromatic carbocycles. The number of benzene rings is 1. The van der Waals surface area contributed by atoms with E-state index >= 15 is 0 Å². The first-order valence-corrected chi connectivity index (χ1v) is 7.69. The van der Waals surface area contributed by atoms with Gasteiger partial charge in [-0.25, -0.2) is 13.6 Å². The molecule has 1 saturated heterocycles. The lowest BCUT2D eigenvalue weighted by Crippen LogP contribution is -2.42. The average molecular weight is 357 g/mol. The number of ether oxygens (including phenoxy) is 1. The van der Waals surface area contributed by atoms with Crippen LogP contribution in [-0.4, -0.2) is 39.8 Å². The molecule has 1 aromatic rings. The van der Waals surface area contributed by atoms with Crippen molar-refractivity contribution < 1.29 is 33.0 Å². The summed E-state index contributed by atoms with van der Waals surface area (Å²) in [5.41, 5.74) is -0.0444. The summed E-state index contributed by atoms with van der Waals surface area (Å²) < 4.78 is 31.4. The summed E-state index contributed by atoms with van der Waals surface area (Å²) in [5, 5.41) is 8.37. The molecule has 1 fully saturated rings. The number of hydrogen-bond donors (Lipinski definition) is 1. The first-order valence-electron chi connectivity index (χ1n) is 6.88. The second kappa shape index (κ2) is 7.00. The molecule has 0 aromatic heterocycles. The van der Waals surface area contributed by atoms with Crippen LogP contribution in [0.3, 0.4) is 0 Å². The highest BCUT2D eigenvalue weighted by molar-refractivity contribution is 8.18. The molecule has 1 heterocycles. The lowest BCUT2D eigenvalue weighted by molar-refractivity contribution is -0.150. The summed E-state index contributed by atoms with van der Waals surface area (Å²) in [4.78, 5) is 36.5. The standard InChI is InChI=1S/C15H13F2NO5S/c1-3-23-14(21)7(2)18-13(20)11(24-15(18)22)6-8-4-9(16)12(19)10(17)5-8/h4-7,19H,3H2,1-2H3/b11-6-. The van der Waals surface area contributed by atoms with Gasteiger partial charge in [-0.1, -0.05) is 0 Å². The third kappa shape index (κ3) is 3.40. The fraction of sp³-hybridized carbons (Fsp3) is 0.267. The monoisotopic (exact) mass is 357 g/mol. The van der Waals surface area contributed by atoms with E-state index in [1.807, 2.05) is 0 Å². The Hall–Kier alpha value is -2.42. The number of phenols is 1. The van der Waals surface area contributed by atoms with Gasteiger partial charge in [0.2, 0.25) is 0 Å². The zero-order chi connectivity index (χ0) is 18.0. The van der Waals surface area contributed by atoms with Crippen LogP contribution >= 0.6 is 11.8 Å². The van der Waals surface area contributed by atoms with Crippen molar-refractivity contribution >= 4 is 35.0 Å². The van der Waals surface area contributed by atoms with Crippen LogP contribution in [0, 0.1) is 11.6 Å². The predicted molar refractivity (Wildman–Crippen MR) is 81.9 cm³/mol. The van der Waals surface area contributed by atoms with Crippen LogP contribution in [-0.2, 0) is 14.3 Å². The van der Waals surface area contributed by atoms with E-state index in [0.717, 1.165) is 23.1 Å². The highest BCUT2D eigenvalue weighted by Gasteiger charge is 2.41. The molecular formula is C15H13F2NO5S. The average Bonchev–Trinajstić information content (AvgIpc) is 2.78. The van der Waals surface area contributed by atoms with E-state index in [1.165, 1.54) is 6.92 Å². The van der Waals surface area contributed by atoms with Crippen molar-refractivity contribution in [3.63, 3.8) is 0 Å². The predicted octanol–water partition coefficient (Wildman–Crippen LogP) is 2.66. The number of carbonyl (C=O) groups is 3. The summed E-state index contributed by atoms with van der Waals surface area (Å²) in [6, 6.07) is 0.527. The summed E-state index contributed by atoms with van der Waals surface area (Å²) in [7, 11) is 0. The molecule has 0 aliphatic carbocycles. The number of hydrogen-bond acceptors (Lipinski definition) is 6. The normalized spacial score (nSPS) is 17.5. The number of esters is 1. The minimum absolute atomic E-state index is 0.0444. The molecule has 24 heavy (non-hydrogen) atoms. The fourth-order valence-electron chi connectivity index (χ4n) is 2.00. The number of nitrogens with zero attached hydrogens (tertiary/aromatic N) is 1. The van der Waals surface area contributed by atoms with Crippen LogP contribution < -0.4 is 0 Å². The molecule has 1 N–H and O–H groups in total. The maximum atomic E-state index is 13.3. The molecule has 128 valence electrons. The number of thioether (sulfide) groups is 1. The van der Waals surface area contributed by atoms with E-state index in [4.69, 9.17) is 9.84 Å². The van der Waals surface area contributed by atoms with E-state index < -0.39 is 40.5 Å². The molecule has 0 bridgehead atoms. The highest BCUT2D eigenvalue weighted by Crippen LogP contribution is 2.34. The van der Waals surface area contributed by atoms with Crippen LogP contribution in [0.2, 0.25) is 0 Å². The topological polar surface area (TPSA) is 83.9 Å². The largest absolute Gasteiger partial charge is 0.503 e. The van der Waals surface area contributed by atoms with Crippen LogP contribution in [0.15, 0.2) is 17.0 Å². The first kappa shape index (κ1) is 17.9. The Bertz CT molecular complexity index is 726. The smallest absolute Gasteiger partial charge is 0.329 e. The SMILES string of the molecule is CCOC(=O)C(C)N1C(=O)S/C(=C\c2cc(F)c(O)c(F)c2)C1=O. The number of rotatable bonds is 4. The Morgan fingerprint density at radius 3 is 2.50 bits per heavy atom. The maximum Gasteiger partial charge on any atom is 0.329 e. The van der Waals surface area contributed by atoms with Crippen molar-refractivity contribution in [1.29, 1.82) is 0 Å². The number of halogens is 2. The zero-order valence-electron chi connectivity index (χ0n) is 12.7. The van der Waals surface area contributed by atoms with Crippen molar-refractivity contribution in [3.8, 4) is 5.75 Å². The highest BCUT2D eigenvalue weighted by atomic mass is 32.2. The Balaban J connectivity index is 2.30. The van der Waals surface area contributed by atoms with E-state index in [0.29, 0.717) is 11.8 Å². The van der Waals surface area contributed by atoms with Crippen LogP contribution in [0.5, 0.6) is 5.75 Å². The number of imide groups is 1. The second-order valence-electron chi connectivity index (χ2n) is 4.81. The van der Waals surface area contributed by atoms with Crippen molar-refractivity contribution in [3.05, 3.63) is 34.2 Å². The Morgan fingerprint density at radius 2 is 1.96 bits per heavy atom.